The first-order valence-corrected chi connectivity index (χ1v) is 7.46. The van der Waals surface area contributed by atoms with Crippen LogP contribution in [0.15, 0.2) is 0 Å². The Morgan fingerprint density at radius 3 is 2.35 bits per heavy atom. The van der Waals surface area contributed by atoms with E-state index in [1.54, 1.807) is 0 Å². The van der Waals surface area contributed by atoms with Gasteiger partial charge in [0.25, 0.3) is 0 Å². The van der Waals surface area contributed by atoms with Crippen LogP contribution in [-0.4, -0.2) is 69.1 Å². The Bertz CT molecular complexity index is 460. The number of carboxylic acids is 1. The van der Waals surface area contributed by atoms with E-state index in [2.05, 4.69) is 10.1 Å². The molecule has 3 N–H and O–H groups in total. The summed E-state index contributed by atoms with van der Waals surface area (Å²) >= 11 is 0. The van der Waals surface area contributed by atoms with Gasteiger partial charge in [0.1, 0.15) is 11.8 Å². The van der Waals surface area contributed by atoms with Gasteiger partial charge >= 0.3 is 5.97 Å². The molecule has 20 heavy (non-hydrogen) atoms. The number of aliphatic carboxylic acids is 1. The fourth-order valence-electron chi connectivity index (χ4n) is 1.28. The number of carbonyl (C=O) groups is 3. The van der Waals surface area contributed by atoms with Gasteiger partial charge in [0.15, 0.2) is 9.84 Å². The van der Waals surface area contributed by atoms with Crippen molar-refractivity contribution in [3.05, 3.63) is 0 Å². The summed E-state index contributed by atoms with van der Waals surface area (Å²) in [6.07, 6.45) is 0. The monoisotopic (exact) mass is 310 g/mol. The van der Waals surface area contributed by atoms with Crippen molar-refractivity contribution in [2.75, 3.05) is 31.8 Å². The predicted octanol–water partition coefficient (Wildman–Crippen LogP) is -2.25. The molecule has 0 saturated heterocycles. The number of carboxylic acid groups (broad SMARTS) is 1. The molecule has 0 aromatic rings. The van der Waals surface area contributed by atoms with Crippen LogP contribution in [0, 0.1) is 0 Å². The summed E-state index contributed by atoms with van der Waals surface area (Å²) in [4.78, 5) is 32.9. The van der Waals surface area contributed by atoms with Gasteiger partial charge in [0.05, 0.1) is 12.4 Å². The Morgan fingerprint density at radius 2 is 1.90 bits per heavy atom. The van der Waals surface area contributed by atoms with E-state index in [4.69, 9.17) is 5.11 Å². The summed E-state index contributed by atoms with van der Waals surface area (Å²) in [6.45, 7) is 1.45. The number of methoxy groups -OCH3 is 1. The Morgan fingerprint density at radius 1 is 1.30 bits per heavy atom. The topological polar surface area (TPSA) is 139 Å². The van der Waals surface area contributed by atoms with E-state index in [0.717, 1.165) is 6.92 Å². The lowest BCUT2D eigenvalue weighted by atomic mass is 10.3. The molecular weight excluding hydrogens is 292 g/mol. The Balaban J connectivity index is 4.51. The molecule has 2 amide bonds. The van der Waals surface area contributed by atoms with Gasteiger partial charge in [-0.15, -0.1) is 0 Å². The lowest BCUT2D eigenvalue weighted by Gasteiger charge is -2.13. The average molecular weight is 310 g/mol. The van der Waals surface area contributed by atoms with Gasteiger partial charge in [0.2, 0.25) is 11.8 Å². The summed E-state index contributed by atoms with van der Waals surface area (Å²) in [5.41, 5.74) is 0. The molecule has 9 nitrogen and oxygen atoms in total. The van der Waals surface area contributed by atoms with Gasteiger partial charge in [-0.2, -0.15) is 0 Å². The minimum atomic E-state index is -3.96. The minimum Gasteiger partial charge on any atom is -0.480 e. The number of rotatable bonds is 9. The van der Waals surface area contributed by atoms with Crippen LogP contribution in [0.25, 0.3) is 0 Å². The zero-order chi connectivity index (χ0) is 15.8. The normalized spacial score (nSPS) is 12.5. The molecule has 0 radical (unpaired) electrons. The minimum absolute atomic E-state index is 0.152. The fourth-order valence-corrected chi connectivity index (χ4v) is 2.63. The van der Waals surface area contributed by atoms with Crippen molar-refractivity contribution < 1.29 is 32.6 Å². The summed E-state index contributed by atoms with van der Waals surface area (Å²) in [5, 5.41) is 13.1. The summed E-state index contributed by atoms with van der Waals surface area (Å²) in [7, 11) is -2.53. The highest BCUT2D eigenvalue weighted by Crippen LogP contribution is 1.97. The molecule has 10 heteroatoms. The smallest absolute Gasteiger partial charge is 0.327 e. The summed E-state index contributed by atoms with van der Waals surface area (Å²) in [6, 6.07) is -1.58. The van der Waals surface area contributed by atoms with E-state index in [9.17, 15) is 22.8 Å². The first-order valence-electron chi connectivity index (χ1n) is 5.64. The first-order chi connectivity index (χ1) is 9.18. The number of hydrogen-bond acceptors (Lipinski definition) is 6. The van der Waals surface area contributed by atoms with E-state index >= 15 is 0 Å². The van der Waals surface area contributed by atoms with Crippen molar-refractivity contribution in [3.63, 3.8) is 0 Å². The van der Waals surface area contributed by atoms with Gasteiger partial charge in [-0.1, -0.05) is 0 Å². The molecule has 0 aliphatic heterocycles. The number of amides is 2. The Labute approximate surface area is 116 Å². The van der Waals surface area contributed by atoms with Crippen LogP contribution in [0.5, 0.6) is 0 Å². The van der Waals surface area contributed by atoms with Gasteiger partial charge in [-0.3, -0.25) is 9.59 Å². The standard InChI is InChI=1S/C10H18N2O7S/c1-7(13)12-8(10(15)16)5-20(17,18)6-9(14)11-3-4-19-2/h8H,3-6H2,1-2H3,(H,11,14)(H,12,13)(H,15,16). The van der Waals surface area contributed by atoms with Gasteiger partial charge in [0, 0.05) is 20.6 Å². The molecule has 0 aromatic heterocycles. The Kier molecular flexibility index (Phi) is 7.77. The van der Waals surface area contributed by atoms with Crippen molar-refractivity contribution in [1.29, 1.82) is 0 Å². The predicted molar refractivity (Wildman–Crippen MR) is 68.8 cm³/mol. The maximum atomic E-state index is 11.7. The molecule has 116 valence electrons. The van der Waals surface area contributed by atoms with Crippen LogP contribution >= 0.6 is 0 Å². The molecule has 0 heterocycles. The molecule has 1 atom stereocenters. The molecule has 0 rings (SSSR count). The summed E-state index contributed by atoms with van der Waals surface area (Å²) in [5.74, 6) is -4.60. The second-order valence-corrected chi connectivity index (χ2v) is 6.10. The molecule has 0 aliphatic carbocycles. The van der Waals surface area contributed by atoms with Crippen LogP contribution in [-0.2, 0) is 29.0 Å². The third-order valence-corrected chi connectivity index (χ3v) is 3.62. The number of carbonyl (C=O) groups excluding carboxylic acids is 2. The number of hydrogen-bond donors (Lipinski definition) is 3. The average Bonchev–Trinajstić information content (AvgIpc) is 2.26. The zero-order valence-corrected chi connectivity index (χ0v) is 12.0. The van der Waals surface area contributed by atoms with Crippen molar-refractivity contribution in [2.24, 2.45) is 0 Å². The SMILES string of the molecule is COCCNC(=O)CS(=O)(=O)CC(NC(C)=O)C(=O)O. The van der Waals surface area contributed by atoms with Crippen LogP contribution in [0.2, 0.25) is 0 Å². The van der Waals surface area contributed by atoms with Crippen molar-refractivity contribution in [1.82, 2.24) is 10.6 Å². The molecule has 0 bridgehead atoms. The molecular formula is C10H18N2O7S. The quantitative estimate of drug-likeness (QED) is 0.409. The van der Waals surface area contributed by atoms with E-state index in [1.807, 2.05) is 5.32 Å². The summed E-state index contributed by atoms with van der Waals surface area (Å²) < 4.78 is 28.0. The molecule has 0 aliphatic rings. The molecule has 0 fully saturated rings. The highest BCUT2D eigenvalue weighted by Gasteiger charge is 2.27. The van der Waals surface area contributed by atoms with Gasteiger partial charge in [-0.05, 0) is 0 Å². The largest absolute Gasteiger partial charge is 0.480 e. The van der Waals surface area contributed by atoms with Crippen molar-refractivity contribution in [3.8, 4) is 0 Å². The Hall–Kier alpha value is -1.68. The maximum Gasteiger partial charge on any atom is 0.327 e. The second-order valence-electron chi connectivity index (χ2n) is 3.99. The van der Waals surface area contributed by atoms with E-state index in [-0.39, 0.29) is 13.2 Å². The number of ether oxygens (including phenoxy) is 1. The van der Waals surface area contributed by atoms with E-state index in [1.165, 1.54) is 7.11 Å². The lowest BCUT2D eigenvalue weighted by Crippen LogP contribution is -2.46. The van der Waals surface area contributed by atoms with Crippen LogP contribution in [0.3, 0.4) is 0 Å². The van der Waals surface area contributed by atoms with Gasteiger partial charge < -0.3 is 20.5 Å². The molecule has 1 unspecified atom stereocenters. The van der Waals surface area contributed by atoms with Gasteiger partial charge in [-0.25, -0.2) is 13.2 Å². The van der Waals surface area contributed by atoms with E-state index < -0.39 is 45.2 Å². The molecule has 0 spiro atoms. The lowest BCUT2D eigenvalue weighted by molar-refractivity contribution is -0.140. The first kappa shape index (κ1) is 18.3. The molecule has 0 aromatic carbocycles. The highest BCUT2D eigenvalue weighted by atomic mass is 32.2. The van der Waals surface area contributed by atoms with Crippen molar-refractivity contribution in [2.45, 2.75) is 13.0 Å². The fraction of sp³-hybridized carbons (Fsp3) is 0.700. The third kappa shape index (κ3) is 8.43. The third-order valence-electron chi connectivity index (χ3n) is 2.08. The maximum absolute atomic E-state index is 11.7. The molecule has 0 saturated carbocycles. The zero-order valence-electron chi connectivity index (χ0n) is 11.2. The second kappa shape index (κ2) is 8.48. The van der Waals surface area contributed by atoms with Crippen LogP contribution in [0.1, 0.15) is 6.92 Å². The number of sulfone groups is 1. The van der Waals surface area contributed by atoms with Crippen LogP contribution in [0.4, 0.5) is 0 Å². The van der Waals surface area contributed by atoms with E-state index in [0.29, 0.717) is 0 Å². The number of nitrogens with one attached hydrogen (secondary N) is 2. The van der Waals surface area contributed by atoms with Crippen LogP contribution < -0.4 is 10.6 Å². The highest BCUT2D eigenvalue weighted by molar-refractivity contribution is 7.92. The van der Waals surface area contributed by atoms with Crippen molar-refractivity contribution >= 4 is 27.6 Å².